The molecule has 0 amide bonds. The van der Waals surface area contributed by atoms with E-state index in [1.165, 1.54) is 0 Å². The number of nitrogens with one attached hydrogen (secondary N) is 1. The molecule has 0 aliphatic carbocycles. The minimum atomic E-state index is -3.56. The molecule has 26 heavy (non-hydrogen) atoms. The van der Waals surface area contributed by atoms with Crippen LogP contribution in [-0.2, 0) is 16.4 Å². The smallest absolute Gasteiger partial charge is 0.241 e. The normalized spacial score (nSPS) is 11.4. The lowest BCUT2D eigenvalue weighted by atomic mass is 10.1. The number of benzene rings is 2. The predicted octanol–water partition coefficient (Wildman–Crippen LogP) is 3.62. The number of sulfonamides is 1. The highest BCUT2D eigenvalue weighted by molar-refractivity contribution is 7.89. The molecule has 5 nitrogen and oxygen atoms in total. The molecule has 0 unspecified atom stereocenters. The third-order valence-corrected chi connectivity index (χ3v) is 5.89. The molecule has 0 aliphatic rings. The molecule has 0 fully saturated rings. The Kier molecular flexibility index (Phi) is 7.06. The van der Waals surface area contributed by atoms with E-state index in [9.17, 15) is 8.42 Å². The number of ether oxygens (including phenoxy) is 2. The maximum absolute atomic E-state index is 12.7. The van der Waals surface area contributed by atoms with Gasteiger partial charge in [-0.2, -0.15) is 0 Å². The standard InChI is InChI=1S/C20H27NO4S/c1-5-25-19-11-7-6-9-17(19)10-8-12-21-26(22,23)20-15(2)13-18(24-4)14-16(20)3/h6-7,9,11,13-14,21H,5,8,10,12H2,1-4H3. The lowest BCUT2D eigenvalue weighted by Crippen LogP contribution is -2.26. The van der Waals surface area contributed by atoms with Crippen molar-refractivity contribution in [3.63, 3.8) is 0 Å². The second-order valence-corrected chi connectivity index (χ2v) is 7.84. The van der Waals surface area contributed by atoms with Crippen LogP contribution < -0.4 is 14.2 Å². The Hall–Kier alpha value is -2.05. The van der Waals surface area contributed by atoms with E-state index in [1.807, 2.05) is 31.2 Å². The van der Waals surface area contributed by atoms with E-state index in [4.69, 9.17) is 9.47 Å². The third-order valence-electron chi connectivity index (χ3n) is 4.13. The van der Waals surface area contributed by atoms with Gasteiger partial charge in [0.2, 0.25) is 10.0 Å². The quantitative estimate of drug-likeness (QED) is 0.678. The lowest BCUT2D eigenvalue weighted by Gasteiger charge is -2.14. The van der Waals surface area contributed by atoms with E-state index in [1.54, 1.807) is 33.1 Å². The van der Waals surface area contributed by atoms with Gasteiger partial charge in [-0.3, -0.25) is 0 Å². The Morgan fingerprint density at radius 1 is 1.08 bits per heavy atom. The average Bonchev–Trinajstić information content (AvgIpc) is 2.59. The van der Waals surface area contributed by atoms with Crippen molar-refractivity contribution >= 4 is 10.0 Å². The topological polar surface area (TPSA) is 64.6 Å². The van der Waals surface area contributed by atoms with Gasteiger partial charge in [-0.15, -0.1) is 0 Å². The molecule has 0 atom stereocenters. The van der Waals surface area contributed by atoms with Crippen molar-refractivity contribution in [2.45, 2.75) is 38.5 Å². The Morgan fingerprint density at radius 3 is 2.35 bits per heavy atom. The molecule has 0 saturated heterocycles. The van der Waals surface area contributed by atoms with Crippen LogP contribution in [0, 0.1) is 13.8 Å². The molecule has 6 heteroatoms. The van der Waals surface area contributed by atoms with Crippen LogP contribution in [0.2, 0.25) is 0 Å². The minimum Gasteiger partial charge on any atom is -0.497 e. The molecule has 0 radical (unpaired) electrons. The maximum Gasteiger partial charge on any atom is 0.241 e. The first-order valence-electron chi connectivity index (χ1n) is 8.74. The van der Waals surface area contributed by atoms with Gasteiger partial charge in [-0.05, 0) is 68.5 Å². The van der Waals surface area contributed by atoms with Crippen LogP contribution in [0.3, 0.4) is 0 Å². The SMILES string of the molecule is CCOc1ccccc1CCCNS(=O)(=O)c1c(C)cc(OC)cc1C. The summed E-state index contributed by atoms with van der Waals surface area (Å²) in [5.74, 6) is 1.52. The van der Waals surface area contributed by atoms with Crippen LogP contribution in [0.25, 0.3) is 0 Å². The largest absolute Gasteiger partial charge is 0.497 e. The Balaban J connectivity index is 2.02. The van der Waals surface area contributed by atoms with Gasteiger partial charge in [0.15, 0.2) is 0 Å². The van der Waals surface area contributed by atoms with E-state index in [0.29, 0.717) is 41.3 Å². The van der Waals surface area contributed by atoms with E-state index in [2.05, 4.69) is 4.72 Å². The summed E-state index contributed by atoms with van der Waals surface area (Å²) >= 11 is 0. The fraction of sp³-hybridized carbons (Fsp3) is 0.400. The van der Waals surface area contributed by atoms with E-state index in [0.717, 1.165) is 17.7 Å². The molecule has 0 saturated carbocycles. The van der Waals surface area contributed by atoms with Gasteiger partial charge < -0.3 is 9.47 Å². The van der Waals surface area contributed by atoms with Crippen molar-refractivity contribution in [2.24, 2.45) is 0 Å². The number of rotatable bonds is 9. The van der Waals surface area contributed by atoms with Crippen molar-refractivity contribution < 1.29 is 17.9 Å². The summed E-state index contributed by atoms with van der Waals surface area (Å²) < 4.78 is 38.9. The first-order valence-corrected chi connectivity index (χ1v) is 10.2. The third kappa shape index (κ3) is 4.99. The lowest BCUT2D eigenvalue weighted by molar-refractivity contribution is 0.336. The molecule has 0 spiro atoms. The number of hydrogen-bond donors (Lipinski definition) is 1. The monoisotopic (exact) mass is 377 g/mol. The highest BCUT2D eigenvalue weighted by atomic mass is 32.2. The average molecular weight is 378 g/mol. The summed E-state index contributed by atoms with van der Waals surface area (Å²) in [6.07, 6.45) is 1.44. The second kappa shape index (κ2) is 9.05. The van der Waals surface area contributed by atoms with Crippen LogP contribution >= 0.6 is 0 Å². The molecule has 0 aromatic heterocycles. The number of para-hydroxylation sites is 1. The summed E-state index contributed by atoms with van der Waals surface area (Å²) in [5, 5.41) is 0. The fourth-order valence-electron chi connectivity index (χ4n) is 3.02. The maximum atomic E-state index is 12.7. The molecule has 2 aromatic rings. The minimum absolute atomic E-state index is 0.327. The first-order chi connectivity index (χ1) is 12.4. The Morgan fingerprint density at radius 2 is 1.73 bits per heavy atom. The van der Waals surface area contributed by atoms with Crippen LogP contribution in [0.1, 0.15) is 30.0 Å². The zero-order valence-electron chi connectivity index (χ0n) is 15.8. The molecule has 1 N–H and O–H groups in total. The number of methoxy groups -OCH3 is 1. The summed E-state index contributed by atoms with van der Waals surface area (Å²) in [4.78, 5) is 0.327. The molecule has 2 rings (SSSR count). The van der Waals surface area contributed by atoms with Crippen molar-refractivity contribution in [1.29, 1.82) is 0 Å². The highest BCUT2D eigenvalue weighted by Gasteiger charge is 2.20. The molecular weight excluding hydrogens is 350 g/mol. The number of hydrogen-bond acceptors (Lipinski definition) is 4. The first kappa shape index (κ1) is 20.3. The van der Waals surface area contributed by atoms with E-state index < -0.39 is 10.0 Å². The predicted molar refractivity (Wildman–Crippen MR) is 104 cm³/mol. The summed E-state index contributed by atoms with van der Waals surface area (Å²) in [5.41, 5.74) is 2.44. The van der Waals surface area contributed by atoms with Crippen LogP contribution in [0.15, 0.2) is 41.3 Å². The van der Waals surface area contributed by atoms with E-state index in [-0.39, 0.29) is 0 Å². The molecule has 0 heterocycles. The van der Waals surface area contributed by atoms with Crippen LogP contribution in [-0.4, -0.2) is 28.7 Å². The number of aryl methyl sites for hydroxylation is 3. The van der Waals surface area contributed by atoms with Gasteiger partial charge in [0.1, 0.15) is 11.5 Å². The molecule has 0 bridgehead atoms. The Labute approximate surface area is 156 Å². The summed E-state index contributed by atoms with van der Waals surface area (Å²) in [6.45, 7) is 6.49. The van der Waals surface area contributed by atoms with Gasteiger partial charge in [0.25, 0.3) is 0 Å². The van der Waals surface area contributed by atoms with Crippen LogP contribution in [0.4, 0.5) is 0 Å². The molecule has 2 aromatic carbocycles. The summed E-state index contributed by atoms with van der Waals surface area (Å²) in [7, 11) is -1.99. The Bertz CT molecular complexity index is 824. The van der Waals surface area contributed by atoms with Gasteiger partial charge in [0.05, 0.1) is 18.6 Å². The summed E-state index contributed by atoms with van der Waals surface area (Å²) in [6, 6.07) is 11.3. The van der Waals surface area contributed by atoms with E-state index >= 15 is 0 Å². The van der Waals surface area contributed by atoms with Crippen molar-refractivity contribution in [3.05, 3.63) is 53.1 Å². The van der Waals surface area contributed by atoms with Crippen molar-refractivity contribution in [2.75, 3.05) is 20.3 Å². The molecular formula is C20H27NO4S. The van der Waals surface area contributed by atoms with Crippen molar-refractivity contribution in [3.8, 4) is 11.5 Å². The zero-order chi connectivity index (χ0) is 19.2. The van der Waals surface area contributed by atoms with Gasteiger partial charge in [-0.1, -0.05) is 18.2 Å². The highest BCUT2D eigenvalue weighted by Crippen LogP contribution is 2.25. The molecule has 142 valence electrons. The molecule has 0 aliphatic heterocycles. The van der Waals surface area contributed by atoms with Crippen molar-refractivity contribution in [1.82, 2.24) is 4.72 Å². The fourth-order valence-corrected chi connectivity index (χ4v) is 4.54. The van der Waals surface area contributed by atoms with Gasteiger partial charge in [-0.25, -0.2) is 13.1 Å². The zero-order valence-corrected chi connectivity index (χ0v) is 16.7. The van der Waals surface area contributed by atoms with Crippen LogP contribution in [0.5, 0.6) is 11.5 Å². The van der Waals surface area contributed by atoms with Gasteiger partial charge >= 0.3 is 0 Å². The van der Waals surface area contributed by atoms with Gasteiger partial charge in [0, 0.05) is 6.54 Å². The second-order valence-electron chi connectivity index (χ2n) is 6.13.